The molecular weight excluding hydrogens is 406 g/mol. The van der Waals surface area contributed by atoms with E-state index in [4.69, 9.17) is 4.74 Å². The molecule has 0 spiro atoms. The van der Waals surface area contributed by atoms with Crippen LogP contribution in [0.3, 0.4) is 0 Å². The van der Waals surface area contributed by atoms with Gasteiger partial charge < -0.3 is 19.5 Å². The van der Waals surface area contributed by atoms with Gasteiger partial charge in [0.05, 0.1) is 18.4 Å². The van der Waals surface area contributed by atoms with Gasteiger partial charge in [-0.3, -0.25) is 4.79 Å². The zero-order valence-electron chi connectivity index (χ0n) is 16.5. The van der Waals surface area contributed by atoms with Crippen LogP contribution in [0.15, 0.2) is 65.0 Å². The molecule has 2 aromatic rings. The van der Waals surface area contributed by atoms with Crippen LogP contribution in [-0.2, 0) is 21.9 Å². The maximum Gasteiger partial charge on any atom is 0.256 e. The van der Waals surface area contributed by atoms with Crippen molar-refractivity contribution in [2.75, 3.05) is 19.4 Å². The average Bonchev–Trinajstić information content (AvgIpc) is 3.16. The first-order valence-corrected chi connectivity index (χ1v) is 10.9. The Morgan fingerprint density at radius 3 is 2.67 bits per heavy atom. The first-order chi connectivity index (χ1) is 14.4. The predicted molar refractivity (Wildman–Crippen MR) is 111 cm³/mol. The Hall–Kier alpha value is -3.40. The largest absolute Gasteiger partial charge is 0.497 e. The van der Waals surface area contributed by atoms with Crippen molar-refractivity contribution in [1.82, 2.24) is 19.8 Å². The number of benzene rings is 1. The Bertz CT molecular complexity index is 1160. The number of carbonyl (C=O) groups excluding carboxylic acids is 1. The number of aryl methyl sites for hydroxylation is 1. The zero-order chi connectivity index (χ0) is 21.3. The van der Waals surface area contributed by atoms with Gasteiger partial charge in [0.2, 0.25) is 0 Å². The number of methoxy groups -OCH3 is 1. The van der Waals surface area contributed by atoms with Crippen LogP contribution in [0.25, 0.3) is 0 Å². The molecule has 1 aromatic heterocycles. The summed E-state index contributed by atoms with van der Waals surface area (Å²) < 4.78 is 34.1. The minimum atomic E-state index is -3.44. The SMILES string of the molecule is COc1ccc([C@@H](NC(=O)C2=CN3CCS(=O)(=O)N=C3C=C2)c2nccn2C)cc1. The summed E-state index contributed by atoms with van der Waals surface area (Å²) >= 11 is 0. The molecule has 2 aliphatic heterocycles. The van der Waals surface area contributed by atoms with Gasteiger partial charge in [-0.15, -0.1) is 4.40 Å². The molecule has 1 amide bonds. The lowest BCUT2D eigenvalue weighted by molar-refractivity contribution is -0.117. The quantitative estimate of drug-likeness (QED) is 0.767. The number of amidine groups is 1. The smallest absolute Gasteiger partial charge is 0.256 e. The third-order valence-corrected chi connectivity index (χ3v) is 6.09. The van der Waals surface area contributed by atoms with E-state index in [0.29, 0.717) is 23.0 Å². The molecule has 1 N–H and O–H groups in total. The van der Waals surface area contributed by atoms with Crippen LogP contribution in [0, 0.1) is 0 Å². The normalized spacial score (nSPS) is 18.1. The molecule has 0 unspecified atom stereocenters. The molecule has 0 saturated carbocycles. The molecule has 156 valence electrons. The Morgan fingerprint density at radius 1 is 1.23 bits per heavy atom. The maximum atomic E-state index is 13.0. The second kappa shape index (κ2) is 7.79. The molecule has 4 rings (SSSR count). The molecular formula is C20H21N5O4S. The van der Waals surface area contributed by atoms with Crippen LogP contribution in [0.2, 0.25) is 0 Å². The van der Waals surface area contributed by atoms with E-state index in [1.807, 2.05) is 42.1 Å². The van der Waals surface area contributed by atoms with Crippen molar-refractivity contribution < 1.29 is 17.9 Å². The van der Waals surface area contributed by atoms with Crippen LogP contribution in [0.5, 0.6) is 5.75 Å². The Labute approximate surface area is 174 Å². The monoisotopic (exact) mass is 427 g/mol. The van der Waals surface area contributed by atoms with Crippen molar-refractivity contribution in [3.8, 4) is 5.75 Å². The van der Waals surface area contributed by atoms with Crippen LogP contribution < -0.4 is 10.1 Å². The van der Waals surface area contributed by atoms with E-state index in [2.05, 4.69) is 14.7 Å². The first-order valence-electron chi connectivity index (χ1n) is 9.27. The van der Waals surface area contributed by atoms with E-state index in [1.165, 1.54) is 6.08 Å². The lowest BCUT2D eigenvalue weighted by Crippen LogP contribution is -2.38. The second-order valence-electron chi connectivity index (χ2n) is 6.92. The average molecular weight is 427 g/mol. The minimum Gasteiger partial charge on any atom is -0.497 e. The van der Waals surface area contributed by atoms with Gasteiger partial charge in [-0.25, -0.2) is 13.4 Å². The van der Waals surface area contributed by atoms with E-state index in [0.717, 1.165) is 5.56 Å². The van der Waals surface area contributed by atoms with Crippen molar-refractivity contribution in [3.05, 3.63) is 72.0 Å². The fourth-order valence-corrected chi connectivity index (χ4v) is 4.27. The summed E-state index contributed by atoms with van der Waals surface area (Å²) in [5, 5.41) is 3.03. The zero-order valence-corrected chi connectivity index (χ0v) is 17.3. The van der Waals surface area contributed by atoms with Gasteiger partial charge in [-0.05, 0) is 29.8 Å². The molecule has 0 bridgehead atoms. The summed E-state index contributed by atoms with van der Waals surface area (Å²) in [6.45, 7) is 0.254. The number of carbonyl (C=O) groups is 1. The third kappa shape index (κ3) is 3.99. The van der Waals surface area contributed by atoms with Crippen molar-refractivity contribution in [3.63, 3.8) is 0 Å². The Kier molecular flexibility index (Phi) is 5.17. The number of imidazole rings is 1. The number of ether oxygens (including phenoxy) is 1. The molecule has 30 heavy (non-hydrogen) atoms. The van der Waals surface area contributed by atoms with Crippen molar-refractivity contribution in [2.24, 2.45) is 11.4 Å². The molecule has 1 aromatic carbocycles. The van der Waals surface area contributed by atoms with Gasteiger partial charge in [0.15, 0.2) is 0 Å². The Morgan fingerprint density at radius 2 is 2.00 bits per heavy atom. The van der Waals surface area contributed by atoms with Gasteiger partial charge in [0, 0.05) is 32.2 Å². The number of sulfonamides is 1. The van der Waals surface area contributed by atoms with E-state index >= 15 is 0 Å². The number of rotatable bonds is 5. The summed E-state index contributed by atoms with van der Waals surface area (Å²) in [6.07, 6.45) is 8.21. The van der Waals surface area contributed by atoms with Crippen LogP contribution in [0.1, 0.15) is 17.4 Å². The molecule has 9 nitrogen and oxygen atoms in total. The van der Waals surface area contributed by atoms with E-state index in [9.17, 15) is 13.2 Å². The van der Waals surface area contributed by atoms with Gasteiger partial charge in [-0.1, -0.05) is 12.1 Å². The molecule has 0 fully saturated rings. The highest BCUT2D eigenvalue weighted by Gasteiger charge is 2.27. The predicted octanol–water partition coefficient (Wildman–Crippen LogP) is 1.13. The number of hydrogen-bond acceptors (Lipinski definition) is 6. The molecule has 2 aliphatic rings. The summed E-state index contributed by atoms with van der Waals surface area (Å²) in [6, 6.07) is 6.94. The highest BCUT2D eigenvalue weighted by molar-refractivity contribution is 7.90. The molecule has 3 heterocycles. The van der Waals surface area contributed by atoms with Crippen molar-refractivity contribution in [2.45, 2.75) is 6.04 Å². The summed E-state index contributed by atoms with van der Waals surface area (Å²) in [5.74, 6) is 1.32. The number of hydrogen-bond donors (Lipinski definition) is 1. The number of nitrogens with one attached hydrogen (secondary N) is 1. The van der Waals surface area contributed by atoms with Crippen LogP contribution >= 0.6 is 0 Å². The lowest BCUT2D eigenvalue weighted by atomic mass is 10.0. The second-order valence-corrected chi connectivity index (χ2v) is 8.68. The van der Waals surface area contributed by atoms with Crippen LogP contribution in [-0.4, -0.2) is 54.0 Å². The van der Waals surface area contributed by atoms with Gasteiger partial charge in [0.25, 0.3) is 15.9 Å². The van der Waals surface area contributed by atoms with Gasteiger partial charge in [0.1, 0.15) is 23.5 Å². The lowest BCUT2D eigenvalue weighted by Gasteiger charge is -2.27. The minimum absolute atomic E-state index is 0.0858. The number of fused-ring (bicyclic) bond motifs is 1. The molecule has 0 aliphatic carbocycles. The van der Waals surface area contributed by atoms with Crippen molar-refractivity contribution >= 4 is 21.8 Å². The number of amides is 1. The number of aromatic nitrogens is 2. The molecule has 0 saturated heterocycles. The first kappa shape index (κ1) is 19.9. The van der Waals surface area contributed by atoms with E-state index < -0.39 is 16.1 Å². The summed E-state index contributed by atoms with van der Waals surface area (Å²) in [4.78, 5) is 19.1. The maximum absolute atomic E-state index is 13.0. The molecule has 10 heteroatoms. The fraction of sp³-hybridized carbons (Fsp3) is 0.250. The van der Waals surface area contributed by atoms with Crippen molar-refractivity contribution in [1.29, 1.82) is 0 Å². The van der Waals surface area contributed by atoms with Crippen LogP contribution in [0.4, 0.5) is 0 Å². The standard InChI is InChI=1S/C20H21N5O4S/c1-24-10-9-21-19(24)18(14-3-6-16(29-2)7-4-14)22-20(26)15-5-8-17-23-30(27,28)12-11-25(17)13-15/h3-10,13,18H,11-12H2,1-2H3,(H,22,26)/t18-/m1/s1. The van der Waals surface area contributed by atoms with Gasteiger partial charge >= 0.3 is 0 Å². The third-order valence-electron chi connectivity index (χ3n) is 4.93. The highest BCUT2D eigenvalue weighted by atomic mass is 32.2. The number of nitrogens with zero attached hydrogens (tertiary/aromatic N) is 4. The van der Waals surface area contributed by atoms with E-state index in [-0.39, 0.29) is 18.2 Å². The summed E-state index contributed by atoms with van der Waals surface area (Å²) in [7, 11) is 0.0162. The molecule has 1 atom stereocenters. The molecule has 0 radical (unpaired) electrons. The van der Waals surface area contributed by atoms with Gasteiger partial charge in [-0.2, -0.15) is 0 Å². The fourth-order valence-electron chi connectivity index (χ4n) is 3.30. The highest BCUT2D eigenvalue weighted by Crippen LogP contribution is 2.24. The summed E-state index contributed by atoms with van der Waals surface area (Å²) in [5.41, 5.74) is 1.26. The topological polar surface area (TPSA) is 106 Å². The van der Waals surface area contributed by atoms with E-state index in [1.54, 1.807) is 30.5 Å². The Balaban J connectivity index is 1.61.